The van der Waals surface area contributed by atoms with Gasteiger partial charge in [-0.1, -0.05) is 22.0 Å². The molecule has 4 nitrogen and oxygen atoms in total. The van der Waals surface area contributed by atoms with Crippen LogP contribution in [0.5, 0.6) is 0 Å². The summed E-state index contributed by atoms with van der Waals surface area (Å²) in [6.07, 6.45) is -0.455. The number of hydrogen-bond acceptors (Lipinski definition) is 4. The first-order valence-electron chi connectivity index (χ1n) is 5.29. The van der Waals surface area contributed by atoms with Crippen LogP contribution in [0.15, 0.2) is 33.6 Å². The molecule has 0 saturated carbocycles. The maximum atomic E-state index is 12.1. The highest BCUT2D eigenvalue weighted by molar-refractivity contribution is 9.10. The lowest BCUT2D eigenvalue weighted by Crippen LogP contribution is -2.31. The van der Waals surface area contributed by atoms with Gasteiger partial charge in [0.15, 0.2) is 9.84 Å². The van der Waals surface area contributed by atoms with E-state index in [2.05, 4.69) is 15.9 Å². The average molecular weight is 322 g/mol. The molecule has 0 spiro atoms. The largest absolute Gasteiger partial charge is 0.376 e. The van der Waals surface area contributed by atoms with Gasteiger partial charge in [0.25, 0.3) is 0 Å². The Morgan fingerprint density at radius 3 is 2.71 bits per heavy atom. The predicted octanol–water partition coefficient (Wildman–Crippen LogP) is 1.59. The van der Waals surface area contributed by atoms with Gasteiger partial charge in [0.1, 0.15) is 0 Å². The Kier molecular flexibility index (Phi) is 5.58. The molecule has 96 valence electrons. The molecule has 0 bridgehead atoms. The normalized spacial score (nSPS) is 13.6. The molecule has 0 radical (unpaired) electrons. The third-order valence-corrected chi connectivity index (χ3v) is 4.50. The first-order chi connectivity index (χ1) is 7.99. The summed E-state index contributed by atoms with van der Waals surface area (Å²) in [6.45, 7) is 2.46. The third-order valence-electron chi connectivity index (χ3n) is 2.23. The Morgan fingerprint density at radius 2 is 2.18 bits per heavy atom. The van der Waals surface area contributed by atoms with E-state index in [4.69, 9.17) is 10.5 Å². The Balaban J connectivity index is 2.88. The Hall–Kier alpha value is -0.430. The van der Waals surface area contributed by atoms with Crippen LogP contribution in [0.4, 0.5) is 0 Å². The monoisotopic (exact) mass is 321 g/mol. The van der Waals surface area contributed by atoms with Crippen LogP contribution < -0.4 is 5.73 Å². The van der Waals surface area contributed by atoms with Crippen molar-refractivity contribution in [2.75, 3.05) is 18.9 Å². The molecule has 17 heavy (non-hydrogen) atoms. The van der Waals surface area contributed by atoms with Gasteiger partial charge < -0.3 is 10.5 Å². The summed E-state index contributed by atoms with van der Waals surface area (Å²) in [6, 6.07) is 6.62. The van der Waals surface area contributed by atoms with Crippen LogP contribution >= 0.6 is 15.9 Å². The number of halogens is 1. The number of hydrogen-bond donors (Lipinski definition) is 1. The lowest BCUT2D eigenvalue weighted by Gasteiger charge is -2.15. The summed E-state index contributed by atoms with van der Waals surface area (Å²) in [5.41, 5.74) is 5.48. The highest BCUT2D eigenvalue weighted by Gasteiger charge is 2.20. The number of sulfone groups is 1. The Bertz CT molecular complexity index is 462. The van der Waals surface area contributed by atoms with Gasteiger partial charge in [0, 0.05) is 17.6 Å². The minimum absolute atomic E-state index is 0.0895. The summed E-state index contributed by atoms with van der Waals surface area (Å²) in [5.74, 6) is -0.0895. The minimum atomic E-state index is -3.35. The molecule has 6 heteroatoms. The van der Waals surface area contributed by atoms with Crippen molar-refractivity contribution in [3.63, 3.8) is 0 Å². The summed E-state index contributed by atoms with van der Waals surface area (Å²) < 4.78 is 30.1. The second-order valence-corrected chi connectivity index (χ2v) is 6.50. The van der Waals surface area contributed by atoms with Gasteiger partial charge in [-0.05, 0) is 25.1 Å². The number of ether oxygens (including phenoxy) is 1. The van der Waals surface area contributed by atoms with Crippen molar-refractivity contribution >= 4 is 25.8 Å². The van der Waals surface area contributed by atoms with Crippen LogP contribution in [0.3, 0.4) is 0 Å². The lowest BCUT2D eigenvalue weighted by atomic mass is 10.4. The van der Waals surface area contributed by atoms with Gasteiger partial charge >= 0.3 is 0 Å². The van der Waals surface area contributed by atoms with E-state index < -0.39 is 15.9 Å². The van der Waals surface area contributed by atoms with E-state index in [0.717, 1.165) is 4.47 Å². The summed E-state index contributed by atoms with van der Waals surface area (Å²) in [4.78, 5) is 0.282. The second kappa shape index (κ2) is 6.49. The third kappa shape index (κ3) is 4.39. The quantitative estimate of drug-likeness (QED) is 0.863. The van der Waals surface area contributed by atoms with Crippen molar-refractivity contribution in [1.82, 2.24) is 0 Å². The molecular formula is C11H16BrNO3S. The fourth-order valence-electron chi connectivity index (χ4n) is 1.42. The van der Waals surface area contributed by atoms with Crippen LogP contribution in [0.2, 0.25) is 0 Å². The predicted molar refractivity (Wildman–Crippen MR) is 70.7 cm³/mol. The smallest absolute Gasteiger partial charge is 0.181 e. The lowest BCUT2D eigenvalue weighted by molar-refractivity contribution is 0.0846. The fourth-order valence-corrected chi connectivity index (χ4v) is 3.48. The van der Waals surface area contributed by atoms with Gasteiger partial charge in [-0.15, -0.1) is 0 Å². The van der Waals surface area contributed by atoms with Gasteiger partial charge in [0.05, 0.1) is 16.8 Å². The van der Waals surface area contributed by atoms with E-state index in [9.17, 15) is 8.42 Å². The Morgan fingerprint density at radius 1 is 1.47 bits per heavy atom. The molecule has 1 atom stereocenters. The molecule has 1 unspecified atom stereocenters. The van der Waals surface area contributed by atoms with Crippen LogP contribution in [-0.2, 0) is 14.6 Å². The molecule has 0 fully saturated rings. The fraction of sp³-hybridized carbons (Fsp3) is 0.455. The minimum Gasteiger partial charge on any atom is -0.376 e. The topological polar surface area (TPSA) is 69.4 Å². The Labute approximate surface area is 110 Å². The second-order valence-electron chi connectivity index (χ2n) is 3.55. The molecule has 1 aromatic rings. The zero-order valence-corrected chi connectivity index (χ0v) is 12.0. The van der Waals surface area contributed by atoms with E-state index in [0.29, 0.717) is 6.61 Å². The maximum Gasteiger partial charge on any atom is 0.181 e. The molecule has 2 N–H and O–H groups in total. The van der Waals surface area contributed by atoms with Gasteiger partial charge in [-0.2, -0.15) is 0 Å². The molecule has 0 heterocycles. The highest BCUT2D eigenvalue weighted by atomic mass is 79.9. The molecule has 0 aliphatic rings. The number of nitrogens with two attached hydrogens (primary N) is 1. The van der Waals surface area contributed by atoms with Crippen LogP contribution in [-0.4, -0.2) is 33.4 Å². The molecule has 0 amide bonds. The van der Waals surface area contributed by atoms with E-state index in [1.165, 1.54) is 0 Å². The number of rotatable bonds is 6. The van der Waals surface area contributed by atoms with Crippen molar-refractivity contribution in [3.8, 4) is 0 Å². The summed E-state index contributed by atoms with van der Waals surface area (Å²) >= 11 is 3.25. The molecule has 0 aliphatic heterocycles. The SMILES string of the molecule is CCOC(CN)CS(=O)(=O)c1cccc(Br)c1. The summed E-state index contributed by atoms with van der Waals surface area (Å²) in [5, 5.41) is 0. The summed E-state index contributed by atoms with van der Waals surface area (Å²) in [7, 11) is -3.35. The van der Waals surface area contributed by atoms with E-state index in [1.54, 1.807) is 24.3 Å². The van der Waals surface area contributed by atoms with Crippen molar-refractivity contribution < 1.29 is 13.2 Å². The number of benzene rings is 1. The van der Waals surface area contributed by atoms with Crippen LogP contribution in [0.25, 0.3) is 0 Å². The van der Waals surface area contributed by atoms with Crippen LogP contribution in [0.1, 0.15) is 6.92 Å². The van der Waals surface area contributed by atoms with Crippen LogP contribution in [0, 0.1) is 0 Å². The first kappa shape index (κ1) is 14.6. The molecule has 1 rings (SSSR count). The van der Waals surface area contributed by atoms with E-state index in [-0.39, 0.29) is 17.2 Å². The van der Waals surface area contributed by atoms with Gasteiger partial charge in [0.2, 0.25) is 0 Å². The van der Waals surface area contributed by atoms with Gasteiger partial charge in [-0.25, -0.2) is 8.42 Å². The standard InChI is InChI=1S/C11H16BrNO3S/c1-2-16-10(7-13)8-17(14,15)11-5-3-4-9(12)6-11/h3-6,10H,2,7-8,13H2,1H3. The maximum absolute atomic E-state index is 12.1. The highest BCUT2D eigenvalue weighted by Crippen LogP contribution is 2.18. The molecular weight excluding hydrogens is 306 g/mol. The average Bonchev–Trinajstić information content (AvgIpc) is 2.28. The van der Waals surface area contributed by atoms with E-state index in [1.807, 2.05) is 6.92 Å². The molecule has 0 saturated heterocycles. The molecule has 1 aromatic carbocycles. The van der Waals surface area contributed by atoms with Crippen molar-refractivity contribution in [2.24, 2.45) is 5.73 Å². The van der Waals surface area contributed by atoms with Gasteiger partial charge in [-0.3, -0.25) is 0 Å². The van der Waals surface area contributed by atoms with Crippen molar-refractivity contribution in [3.05, 3.63) is 28.7 Å². The first-order valence-corrected chi connectivity index (χ1v) is 7.74. The van der Waals surface area contributed by atoms with E-state index >= 15 is 0 Å². The van der Waals surface area contributed by atoms with Crippen molar-refractivity contribution in [2.45, 2.75) is 17.9 Å². The molecule has 0 aromatic heterocycles. The molecule has 0 aliphatic carbocycles. The zero-order valence-electron chi connectivity index (χ0n) is 9.60. The van der Waals surface area contributed by atoms with Crippen molar-refractivity contribution in [1.29, 1.82) is 0 Å². The zero-order chi connectivity index (χ0) is 12.9.